The number of benzene rings is 1. The Morgan fingerprint density at radius 2 is 1.90 bits per heavy atom. The van der Waals surface area contributed by atoms with E-state index < -0.39 is 8.07 Å². The van der Waals surface area contributed by atoms with Crippen LogP contribution in [0.4, 0.5) is 0 Å². The number of rotatable bonds is 4. The molecule has 0 aliphatic heterocycles. The highest BCUT2D eigenvalue weighted by atomic mass is 28.3. The number of ether oxygens (including phenoxy) is 2. The van der Waals surface area contributed by atoms with E-state index in [2.05, 4.69) is 36.1 Å². The first kappa shape index (κ1) is 15.6. The maximum Gasteiger partial charge on any atom is 0.129 e. The molecule has 0 amide bonds. The number of hydrogen-bond donors (Lipinski definition) is 0. The Labute approximate surface area is 127 Å². The molecule has 2 rings (SSSR count). The molecule has 0 atom stereocenters. The van der Waals surface area contributed by atoms with Crippen molar-refractivity contribution in [2.75, 3.05) is 20.3 Å². The van der Waals surface area contributed by atoms with E-state index in [1.807, 2.05) is 30.3 Å². The number of nitrogens with zero attached hydrogens (tertiary/aromatic N) is 1. The largest absolute Gasteiger partial charge is 0.491 e. The summed E-state index contributed by atoms with van der Waals surface area (Å²) in [6.07, 6.45) is 0. The third-order valence-corrected chi connectivity index (χ3v) is 3.66. The van der Waals surface area contributed by atoms with Crippen molar-refractivity contribution in [2.45, 2.75) is 19.6 Å². The Bertz CT molecular complexity index is 680. The molecule has 0 saturated carbocycles. The first-order chi connectivity index (χ1) is 9.98. The second kappa shape index (κ2) is 6.75. The van der Waals surface area contributed by atoms with Crippen LogP contribution in [0.3, 0.4) is 0 Å². The second-order valence-electron chi connectivity index (χ2n) is 5.89. The monoisotopic (exact) mass is 299 g/mol. The van der Waals surface area contributed by atoms with E-state index in [1.165, 1.54) is 0 Å². The molecule has 0 saturated heterocycles. The summed E-state index contributed by atoms with van der Waals surface area (Å²) in [5.74, 6) is 4.02. The molecule has 0 aliphatic carbocycles. The Morgan fingerprint density at radius 1 is 1.10 bits per heavy atom. The van der Waals surface area contributed by atoms with Crippen molar-refractivity contribution in [3.8, 4) is 17.2 Å². The number of pyridine rings is 1. The predicted molar refractivity (Wildman–Crippen MR) is 89.3 cm³/mol. The molecule has 2 aromatic rings. The van der Waals surface area contributed by atoms with Gasteiger partial charge in [0.15, 0.2) is 0 Å². The minimum absolute atomic E-state index is 0.551. The molecular formula is C17H21NO2Si. The van der Waals surface area contributed by atoms with Gasteiger partial charge in [-0.2, -0.15) is 0 Å². The highest BCUT2D eigenvalue weighted by Crippen LogP contribution is 2.19. The summed E-state index contributed by atoms with van der Waals surface area (Å²) in [4.78, 5) is 4.58. The lowest BCUT2D eigenvalue weighted by atomic mass is 10.2. The third kappa shape index (κ3) is 4.89. The number of aromatic nitrogens is 1. The molecule has 21 heavy (non-hydrogen) atoms. The Morgan fingerprint density at radius 3 is 2.62 bits per heavy atom. The van der Waals surface area contributed by atoms with Crippen molar-refractivity contribution in [1.82, 2.24) is 4.98 Å². The molecule has 0 aliphatic rings. The van der Waals surface area contributed by atoms with Crippen LogP contribution in [-0.2, 0) is 4.74 Å². The standard InChI is InChI=1S/C17H21NO2Si/c1-19-10-11-20-16-7-8-17-14(13-16)5-6-15(18-17)9-12-21(2,3)4/h5-8,13H,10-11H2,1-4H3. The zero-order chi connectivity index (χ0) is 15.3. The molecular weight excluding hydrogens is 278 g/mol. The van der Waals surface area contributed by atoms with Crippen LogP contribution >= 0.6 is 0 Å². The van der Waals surface area contributed by atoms with Gasteiger partial charge in [0.05, 0.1) is 12.1 Å². The van der Waals surface area contributed by atoms with Gasteiger partial charge < -0.3 is 9.47 Å². The van der Waals surface area contributed by atoms with Gasteiger partial charge in [-0.3, -0.25) is 0 Å². The van der Waals surface area contributed by atoms with E-state index in [0.717, 1.165) is 22.3 Å². The minimum atomic E-state index is -1.37. The normalized spacial score (nSPS) is 11.0. The fourth-order valence-corrected chi connectivity index (χ4v) is 2.26. The van der Waals surface area contributed by atoms with Gasteiger partial charge in [0.1, 0.15) is 26.1 Å². The summed E-state index contributed by atoms with van der Waals surface area (Å²) < 4.78 is 10.6. The third-order valence-electron chi connectivity index (χ3n) is 2.78. The fraction of sp³-hybridized carbons (Fsp3) is 0.353. The maximum atomic E-state index is 5.60. The number of hydrogen-bond acceptors (Lipinski definition) is 3. The van der Waals surface area contributed by atoms with Gasteiger partial charge in [0, 0.05) is 12.5 Å². The zero-order valence-electron chi connectivity index (χ0n) is 13.1. The highest BCUT2D eigenvalue weighted by Gasteiger charge is 2.07. The van der Waals surface area contributed by atoms with E-state index in [0.29, 0.717) is 13.2 Å². The topological polar surface area (TPSA) is 31.4 Å². The van der Waals surface area contributed by atoms with Crippen molar-refractivity contribution >= 4 is 19.0 Å². The van der Waals surface area contributed by atoms with Crippen LogP contribution in [0.5, 0.6) is 5.75 Å². The molecule has 0 spiro atoms. The van der Waals surface area contributed by atoms with Crippen LogP contribution < -0.4 is 4.74 Å². The van der Waals surface area contributed by atoms with Crippen LogP contribution in [0.25, 0.3) is 10.9 Å². The second-order valence-corrected chi connectivity index (χ2v) is 10.6. The van der Waals surface area contributed by atoms with Crippen molar-refractivity contribution in [3.05, 3.63) is 36.0 Å². The van der Waals surface area contributed by atoms with Crippen molar-refractivity contribution in [2.24, 2.45) is 0 Å². The smallest absolute Gasteiger partial charge is 0.129 e. The van der Waals surface area contributed by atoms with Gasteiger partial charge in [-0.1, -0.05) is 25.6 Å². The van der Waals surface area contributed by atoms with E-state index in [9.17, 15) is 0 Å². The molecule has 1 aromatic carbocycles. The molecule has 4 heteroatoms. The molecule has 110 valence electrons. The summed E-state index contributed by atoms with van der Waals surface area (Å²) >= 11 is 0. The average Bonchev–Trinajstić information content (AvgIpc) is 2.44. The van der Waals surface area contributed by atoms with Crippen LogP contribution in [0.2, 0.25) is 19.6 Å². The number of methoxy groups -OCH3 is 1. The molecule has 0 bridgehead atoms. The van der Waals surface area contributed by atoms with Gasteiger partial charge in [0.2, 0.25) is 0 Å². The van der Waals surface area contributed by atoms with Crippen LogP contribution in [0.1, 0.15) is 5.69 Å². The molecule has 1 aromatic heterocycles. The van der Waals surface area contributed by atoms with Gasteiger partial charge in [0.25, 0.3) is 0 Å². The van der Waals surface area contributed by atoms with E-state index in [1.54, 1.807) is 7.11 Å². The van der Waals surface area contributed by atoms with Gasteiger partial charge in [-0.15, -0.1) is 5.54 Å². The summed E-state index contributed by atoms with van der Waals surface area (Å²) in [6, 6.07) is 9.90. The molecule has 0 N–H and O–H groups in total. The molecule has 0 radical (unpaired) electrons. The Hall–Kier alpha value is -1.83. The molecule has 0 unspecified atom stereocenters. The quantitative estimate of drug-likeness (QED) is 0.492. The first-order valence-electron chi connectivity index (χ1n) is 7.04. The minimum Gasteiger partial charge on any atom is -0.491 e. The summed E-state index contributed by atoms with van der Waals surface area (Å²) in [5.41, 5.74) is 5.11. The van der Waals surface area contributed by atoms with Crippen LogP contribution in [-0.4, -0.2) is 33.4 Å². The molecule has 0 fully saturated rings. The van der Waals surface area contributed by atoms with Gasteiger partial charge in [-0.25, -0.2) is 4.98 Å². The highest BCUT2D eigenvalue weighted by molar-refractivity contribution is 6.83. The predicted octanol–water partition coefficient (Wildman–Crippen LogP) is 3.49. The van der Waals surface area contributed by atoms with Crippen molar-refractivity contribution in [3.63, 3.8) is 0 Å². The Kier molecular flexibility index (Phi) is 5.00. The fourth-order valence-electron chi connectivity index (χ4n) is 1.76. The molecule has 1 heterocycles. The van der Waals surface area contributed by atoms with Crippen molar-refractivity contribution < 1.29 is 9.47 Å². The van der Waals surface area contributed by atoms with E-state index in [4.69, 9.17) is 9.47 Å². The maximum absolute atomic E-state index is 5.60. The van der Waals surface area contributed by atoms with E-state index in [-0.39, 0.29) is 0 Å². The number of fused-ring (bicyclic) bond motifs is 1. The van der Waals surface area contributed by atoms with E-state index >= 15 is 0 Å². The summed E-state index contributed by atoms with van der Waals surface area (Å²) in [5, 5.41) is 1.06. The summed E-state index contributed by atoms with van der Waals surface area (Å²) in [6.45, 7) is 7.82. The lowest BCUT2D eigenvalue weighted by Gasteiger charge is -2.07. The Balaban J connectivity index is 2.21. The van der Waals surface area contributed by atoms with Crippen LogP contribution in [0, 0.1) is 11.5 Å². The van der Waals surface area contributed by atoms with Gasteiger partial charge in [-0.05, 0) is 30.3 Å². The summed E-state index contributed by atoms with van der Waals surface area (Å²) in [7, 11) is 0.295. The average molecular weight is 299 g/mol. The van der Waals surface area contributed by atoms with Crippen LogP contribution in [0.15, 0.2) is 30.3 Å². The SMILES string of the molecule is COCCOc1ccc2nc(C#C[Si](C)(C)C)ccc2c1. The lowest BCUT2D eigenvalue weighted by molar-refractivity contribution is 0.146. The zero-order valence-corrected chi connectivity index (χ0v) is 14.1. The van der Waals surface area contributed by atoms with Crippen molar-refractivity contribution in [1.29, 1.82) is 0 Å². The van der Waals surface area contributed by atoms with Gasteiger partial charge >= 0.3 is 0 Å². The lowest BCUT2D eigenvalue weighted by Crippen LogP contribution is -2.16. The first-order valence-corrected chi connectivity index (χ1v) is 10.5. The molecule has 3 nitrogen and oxygen atoms in total.